The summed E-state index contributed by atoms with van der Waals surface area (Å²) in [5, 5.41) is 24.0. The van der Waals surface area contributed by atoms with E-state index in [4.69, 9.17) is 23.2 Å². The molecule has 0 aliphatic carbocycles. The Kier molecular flexibility index (Phi) is 17.3. The second-order valence-corrected chi connectivity index (χ2v) is 12.4. The molecule has 0 atom stereocenters. The first-order valence-electron chi connectivity index (χ1n) is 12.1. The number of unbranched alkanes of at least 4 members (excludes halogenated alkanes) is 1. The number of azo groups is 1. The van der Waals surface area contributed by atoms with Crippen LogP contribution in [0.4, 0.5) is 22.9 Å². The van der Waals surface area contributed by atoms with E-state index in [9.17, 15) is 36.0 Å². The Morgan fingerprint density at radius 3 is 2.34 bits per heavy atom. The number of nitrogens with zero attached hydrogens (tertiary/aromatic N) is 6. The van der Waals surface area contributed by atoms with Crippen LogP contribution in [-0.2, 0) is 25.0 Å². The molecule has 1 aromatic heterocycles. The first kappa shape index (κ1) is 41.7. The summed E-state index contributed by atoms with van der Waals surface area (Å²) >= 11 is 12.2. The zero-order chi connectivity index (χ0) is 31.2. The minimum Gasteiger partial charge on any atom is -0.748 e. The van der Waals surface area contributed by atoms with Gasteiger partial charge >= 0.3 is 103 Å². The fourth-order valence-corrected chi connectivity index (χ4v) is 5.68. The van der Waals surface area contributed by atoms with Gasteiger partial charge in [-0.25, -0.2) is 21.5 Å². The molecule has 1 amide bonds. The average Bonchev–Trinajstić information content (AvgIpc) is 3.30. The third-order valence-corrected chi connectivity index (χ3v) is 8.12. The fourth-order valence-electron chi connectivity index (χ4n) is 3.82. The van der Waals surface area contributed by atoms with Crippen LogP contribution in [0, 0.1) is 11.3 Å². The number of carbonyl (C=O) groups excluding carboxylic acids is 1. The van der Waals surface area contributed by atoms with Gasteiger partial charge in [0.25, 0.3) is 0 Å². The maximum absolute atomic E-state index is 11.9. The van der Waals surface area contributed by atoms with E-state index >= 15 is 0 Å². The molecule has 44 heavy (non-hydrogen) atoms. The summed E-state index contributed by atoms with van der Waals surface area (Å²) in [7, 11) is -9.21. The summed E-state index contributed by atoms with van der Waals surface area (Å²) in [5.41, 5.74) is 1.16. The quantitative estimate of drug-likeness (QED) is 0.0983. The van der Waals surface area contributed by atoms with Crippen LogP contribution in [-0.4, -0.2) is 60.5 Å². The first-order chi connectivity index (χ1) is 19.6. The zero-order valence-corrected chi connectivity index (χ0v) is 33.5. The molecule has 224 valence electrons. The van der Waals surface area contributed by atoms with Crippen molar-refractivity contribution in [1.29, 1.82) is 5.26 Å². The molecule has 20 heteroatoms. The average molecular weight is 735 g/mol. The third-order valence-electron chi connectivity index (χ3n) is 5.73. The minimum absolute atomic E-state index is 0. The van der Waals surface area contributed by atoms with E-state index in [0.29, 0.717) is 25.2 Å². The fraction of sp³-hybridized carbons (Fsp3) is 0.292. The number of nitriles is 1. The van der Waals surface area contributed by atoms with Crippen molar-refractivity contribution in [3.63, 3.8) is 0 Å². The summed E-state index contributed by atoms with van der Waals surface area (Å²) < 4.78 is 68.1. The largest absolute Gasteiger partial charge is 1.00 e. The summed E-state index contributed by atoms with van der Waals surface area (Å²) in [5.74, 6) is -0.957. The van der Waals surface area contributed by atoms with Crippen LogP contribution < -0.4 is 113 Å². The topological polar surface area (TPSA) is 213 Å². The number of hydrogen-bond donors (Lipinski definition) is 1. The molecule has 0 aliphatic rings. The van der Waals surface area contributed by atoms with E-state index in [0.717, 1.165) is 16.8 Å². The van der Waals surface area contributed by atoms with Gasteiger partial charge in [0.1, 0.15) is 27.4 Å². The molecule has 0 bridgehead atoms. The van der Waals surface area contributed by atoms with Gasteiger partial charge in [0, 0.05) is 31.5 Å². The molecule has 1 N–H and O–H groups in total. The molecule has 0 spiro atoms. The number of hydrogen-bond acceptors (Lipinski definition) is 12. The van der Waals surface area contributed by atoms with Crippen LogP contribution in [0.2, 0.25) is 10.0 Å². The number of nitrogens with one attached hydrogen (secondary N) is 1. The van der Waals surface area contributed by atoms with Crippen LogP contribution in [0.3, 0.4) is 0 Å². The van der Waals surface area contributed by atoms with Gasteiger partial charge in [-0.2, -0.15) is 10.4 Å². The number of anilines is 2. The molecule has 0 radical (unpaired) electrons. The van der Waals surface area contributed by atoms with Crippen molar-refractivity contribution in [3.05, 3.63) is 52.1 Å². The van der Waals surface area contributed by atoms with Gasteiger partial charge in [-0.1, -0.05) is 23.2 Å². The van der Waals surface area contributed by atoms with Crippen LogP contribution >= 0.6 is 23.2 Å². The van der Waals surface area contributed by atoms with E-state index in [1.54, 1.807) is 18.2 Å². The second-order valence-electron chi connectivity index (χ2n) is 8.72. The summed E-state index contributed by atoms with van der Waals surface area (Å²) in [4.78, 5) is 13.1. The Morgan fingerprint density at radius 1 is 1.09 bits per heavy atom. The van der Waals surface area contributed by atoms with Crippen LogP contribution in [0.5, 0.6) is 0 Å². The number of aromatic nitrogens is 2. The Bertz CT molecular complexity index is 1800. The third kappa shape index (κ3) is 11.7. The molecule has 14 nitrogen and oxygen atoms in total. The number of benzene rings is 2. The Labute approximate surface area is 349 Å². The number of rotatable bonds is 12. The van der Waals surface area contributed by atoms with E-state index in [-0.39, 0.29) is 143 Å². The molecule has 2 aromatic carbocycles. The molecule has 0 unspecified atom stereocenters. The Morgan fingerprint density at radius 2 is 1.77 bits per heavy atom. The van der Waals surface area contributed by atoms with E-state index in [2.05, 4.69) is 20.6 Å². The van der Waals surface area contributed by atoms with Gasteiger partial charge in [-0.15, -0.1) is 10.2 Å². The number of carbonyl (C=O) groups is 1. The molecule has 0 saturated carbocycles. The van der Waals surface area contributed by atoms with Crippen molar-refractivity contribution in [2.24, 2.45) is 10.2 Å². The molecule has 0 fully saturated rings. The predicted octanol–water partition coefficient (Wildman–Crippen LogP) is -1.51. The van der Waals surface area contributed by atoms with Gasteiger partial charge in [0.05, 0.1) is 42.6 Å². The molecule has 3 aromatic rings. The zero-order valence-electron chi connectivity index (χ0n) is 24.1. The molecule has 0 saturated heterocycles. The van der Waals surface area contributed by atoms with Crippen molar-refractivity contribution in [2.45, 2.75) is 31.6 Å². The molecule has 3 rings (SSSR count). The molecule has 1 heterocycles. The number of halogens is 2. The van der Waals surface area contributed by atoms with E-state index in [1.165, 1.54) is 13.1 Å². The Hall–Kier alpha value is -0.317. The van der Waals surface area contributed by atoms with Crippen molar-refractivity contribution >= 4 is 72.2 Å². The van der Waals surface area contributed by atoms with Gasteiger partial charge < -0.3 is 19.3 Å². The SMILES string of the molecule is CCN(CCCCS(=O)(=O)[O-])c1ccc(N=Nc2c(C#N)cnn2-c2cc(Cl)c(S(=O)(=O)[O-])cc2Cl)c(NC(C)=O)c1.[K+].[K+]. The maximum Gasteiger partial charge on any atom is 1.00 e. The molecule has 0 aliphatic heterocycles. The van der Waals surface area contributed by atoms with Gasteiger partial charge in [-0.3, -0.25) is 4.79 Å². The van der Waals surface area contributed by atoms with E-state index in [1.807, 2.05) is 17.9 Å². The van der Waals surface area contributed by atoms with Crippen LogP contribution in [0.1, 0.15) is 32.3 Å². The predicted molar refractivity (Wildman–Crippen MR) is 153 cm³/mol. The van der Waals surface area contributed by atoms with Gasteiger partial charge in [0.15, 0.2) is 5.82 Å². The van der Waals surface area contributed by atoms with Gasteiger partial charge in [-0.05, 0) is 50.1 Å². The van der Waals surface area contributed by atoms with Crippen molar-refractivity contribution in [3.8, 4) is 11.8 Å². The van der Waals surface area contributed by atoms with Crippen LogP contribution in [0.25, 0.3) is 5.69 Å². The summed E-state index contributed by atoms with van der Waals surface area (Å²) in [6.07, 6.45) is 1.82. The van der Waals surface area contributed by atoms with Crippen molar-refractivity contribution < 1.29 is 134 Å². The van der Waals surface area contributed by atoms with E-state index < -0.39 is 41.8 Å². The molecular weight excluding hydrogens is 712 g/mol. The van der Waals surface area contributed by atoms with Crippen molar-refractivity contribution in [1.82, 2.24) is 9.78 Å². The smallest absolute Gasteiger partial charge is 0.748 e. The molecular formula is C24H23Cl2K2N7O7S2. The van der Waals surface area contributed by atoms with Crippen molar-refractivity contribution in [2.75, 3.05) is 29.1 Å². The summed E-state index contributed by atoms with van der Waals surface area (Å²) in [6, 6.07) is 8.78. The first-order valence-corrected chi connectivity index (χ1v) is 15.8. The maximum atomic E-state index is 11.9. The standard InChI is InChI=1S/C24H25Cl2N7O7S2.2K/c1-3-32(8-4-5-9-41(35,36)37)17-6-7-20(21(10-17)29-15(2)34)30-31-24-16(13-27)14-28-33(24)22-11-19(26)23(12-18(22)25)42(38,39)40;;/h6-7,10-12,14H,3-5,8-9H2,1-2H3,(H,29,34)(H,35,36,37)(H,38,39,40);;/q;2*+1/p-2. The second kappa shape index (κ2) is 18.3. The normalized spacial score (nSPS) is 11.4. The minimum atomic E-state index is -4.92. The Balaban J connectivity index is 0.00000484. The van der Waals surface area contributed by atoms with Gasteiger partial charge in [0.2, 0.25) is 5.91 Å². The summed E-state index contributed by atoms with van der Waals surface area (Å²) in [6.45, 7) is 4.18. The van der Waals surface area contributed by atoms with Crippen LogP contribution in [0.15, 0.2) is 51.7 Å². The monoisotopic (exact) mass is 733 g/mol. The number of amides is 1.